The Balaban J connectivity index is 1.51. The van der Waals surface area contributed by atoms with Gasteiger partial charge in [0.15, 0.2) is 5.65 Å². The van der Waals surface area contributed by atoms with Gasteiger partial charge >= 0.3 is 0 Å². The standard InChI is InChI=1S/C22H29N7O/c1-16(2)25-22(30)18-15-24-29-9-8-20(26-21(18)29)23-14-17-6-4-5-7-19(17)28-12-10-27(3)11-13-28/h4-9,15-16H,10-14H2,1-3H3,(H,23,26)(H,25,30). The van der Waals surface area contributed by atoms with Crippen molar-refractivity contribution in [1.29, 1.82) is 0 Å². The number of piperazine rings is 1. The molecule has 0 radical (unpaired) electrons. The Labute approximate surface area is 176 Å². The van der Waals surface area contributed by atoms with E-state index in [0.717, 1.165) is 32.0 Å². The third kappa shape index (κ3) is 4.38. The van der Waals surface area contributed by atoms with Crippen molar-refractivity contribution in [3.8, 4) is 0 Å². The number of nitrogens with zero attached hydrogens (tertiary/aromatic N) is 5. The van der Waals surface area contributed by atoms with Crippen LogP contribution < -0.4 is 15.5 Å². The number of likely N-dealkylation sites (N-methyl/N-ethyl adjacent to an activating group) is 1. The summed E-state index contributed by atoms with van der Waals surface area (Å²) < 4.78 is 1.62. The lowest BCUT2D eigenvalue weighted by atomic mass is 10.1. The van der Waals surface area contributed by atoms with E-state index in [2.05, 4.69) is 61.8 Å². The first kappa shape index (κ1) is 20.2. The van der Waals surface area contributed by atoms with Crippen molar-refractivity contribution < 1.29 is 4.79 Å². The van der Waals surface area contributed by atoms with Gasteiger partial charge in [-0.2, -0.15) is 5.10 Å². The molecule has 1 aliphatic rings. The van der Waals surface area contributed by atoms with Crippen LogP contribution in [-0.2, 0) is 6.54 Å². The van der Waals surface area contributed by atoms with Crippen LogP contribution in [0.1, 0.15) is 29.8 Å². The molecule has 8 heteroatoms. The highest BCUT2D eigenvalue weighted by Gasteiger charge is 2.17. The van der Waals surface area contributed by atoms with Crippen LogP contribution in [0.25, 0.3) is 5.65 Å². The minimum Gasteiger partial charge on any atom is -0.369 e. The largest absolute Gasteiger partial charge is 0.369 e. The van der Waals surface area contributed by atoms with Crippen molar-refractivity contribution in [3.63, 3.8) is 0 Å². The number of aromatic nitrogens is 3. The van der Waals surface area contributed by atoms with Crippen molar-refractivity contribution in [2.75, 3.05) is 43.4 Å². The molecular weight excluding hydrogens is 378 g/mol. The van der Waals surface area contributed by atoms with E-state index in [9.17, 15) is 4.79 Å². The topological polar surface area (TPSA) is 77.8 Å². The first-order valence-corrected chi connectivity index (χ1v) is 10.4. The number of para-hydroxylation sites is 1. The summed E-state index contributed by atoms with van der Waals surface area (Å²) in [7, 11) is 2.17. The van der Waals surface area contributed by atoms with Gasteiger partial charge in [0.1, 0.15) is 11.4 Å². The fourth-order valence-corrected chi connectivity index (χ4v) is 3.67. The molecule has 4 rings (SSSR count). The minimum atomic E-state index is -0.162. The SMILES string of the molecule is CC(C)NC(=O)c1cnn2ccc(NCc3ccccc3N3CCN(C)CC3)nc12. The molecule has 0 saturated carbocycles. The van der Waals surface area contributed by atoms with Gasteiger partial charge in [0.25, 0.3) is 5.91 Å². The van der Waals surface area contributed by atoms with Crippen molar-refractivity contribution >= 4 is 23.1 Å². The van der Waals surface area contributed by atoms with Crippen molar-refractivity contribution in [3.05, 3.63) is 53.9 Å². The quantitative estimate of drug-likeness (QED) is 0.653. The predicted molar refractivity (Wildman–Crippen MR) is 119 cm³/mol. The zero-order valence-electron chi connectivity index (χ0n) is 17.8. The first-order chi connectivity index (χ1) is 14.5. The normalized spacial score (nSPS) is 15.0. The summed E-state index contributed by atoms with van der Waals surface area (Å²) >= 11 is 0. The molecule has 2 aromatic heterocycles. The number of carbonyl (C=O) groups is 1. The Bertz CT molecular complexity index is 1020. The van der Waals surface area contributed by atoms with Gasteiger partial charge in [0.05, 0.1) is 6.20 Å². The van der Waals surface area contributed by atoms with E-state index in [-0.39, 0.29) is 11.9 Å². The monoisotopic (exact) mass is 407 g/mol. The second-order valence-corrected chi connectivity index (χ2v) is 8.04. The molecule has 1 saturated heterocycles. The zero-order valence-corrected chi connectivity index (χ0v) is 17.8. The number of fused-ring (bicyclic) bond motifs is 1. The number of anilines is 2. The lowest BCUT2D eigenvalue weighted by Gasteiger charge is -2.35. The Morgan fingerprint density at radius 2 is 1.90 bits per heavy atom. The second-order valence-electron chi connectivity index (χ2n) is 8.04. The average Bonchev–Trinajstić information content (AvgIpc) is 3.16. The van der Waals surface area contributed by atoms with Crippen LogP contribution in [0, 0.1) is 0 Å². The third-order valence-electron chi connectivity index (χ3n) is 5.33. The molecule has 0 atom stereocenters. The summed E-state index contributed by atoms with van der Waals surface area (Å²) in [6, 6.07) is 10.4. The van der Waals surface area contributed by atoms with Crippen LogP contribution in [0.5, 0.6) is 0 Å². The molecule has 0 unspecified atom stereocenters. The summed E-state index contributed by atoms with van der Waals surface area (Å²) in [5, 5.41) is 10.6. The Hall–Kier alpha value is -3.13. The van der Waals surface area contributed by atoms with Gasteiger partial charge in [-0.3, -0.25) is 4.79 Å². The molecule has 0 aliphatic carbocycles. The Morgan fingerprint density at radius 1 is 1.13 bits per heavy atom. The van der Waals surface area contributed by atoms with Crippen LogP contribution in [0.15, 0.2) is 42.7 Å². The molecule has 158 valence electrons. The smallest absolute Gasteiger partial charge is 0.256 e. The fourth-order valence-electron chi connectivity index (χ4n) is 3.67. The maximum Gasteiger partial charge on any atom is 0.256 e. The number of amides is 1. The van der Waals surface area contributed by atoms with Gasteiger partial charge in [-0.05, 0) is 38.6 Å². The highest BCUT2D eigenvalue weighted by atomic mass is 16.1. The molecule has 1 fully saturated rings. The van der Waals surface area contributed by atoms with Crippen molar-refractivity contribution in [1.82, 2.24) is 24.8 Å². The molecule has 30 heavy (non-hydrogen) atoms. The van der Waals surface area contributed by atoms with Gasteiger partial charge in [0.2, 0.25) is 0 Å². The lowest BCUT2D eigenvalue weighted by Crippen LogP contribution is -2.44. The number of carbonyl (C=O) groups excluding carboxylic acids is 1. The molecule has 1 amide bonds. The summed E-state index contributed by atoms with van der Waals surface area (Å²) in [5.74, 6) is 0.555. The first-order valence-electron chi connectivity index (χ1n) is 10.4. The summed E-state index contributed by atoms with van der Waals surface area (Å²) in [6.45, 7) is 8.73. The van der Waals surface area contributed by atoms with E-state index in [1.54, 1.807) is 10.7 Å². The molecule has 2 N–H and O–H groups in total. The van der Waals surface area contributed by atoms with Crippen molar-refractivity contribution in [2.45, 2.75) is 26.4 Å². The predicted octanol–water partition coefficient (Wildman–Crippen LogP) is 2.23. The van der Waals surface area contributed by atoms with Gasteiger partial charge in [-0.25, -0.2) is 9.50 Å². The number of benzene rings is 1. The Morgan fingerprint density at radius 3 is 2.67 bits per heavy atom. The van der Waals surface area contributed by atoms with E-state index >= 15 is 0 Å². The van der Waals surface area contributed by atoms with Crippen LogP contribution in [0.3, 0.4) is 0 Å². The number of nitrogens with one attached hydrogen (secondary N) is 2. The van der Waals surface area contributed by atoms with E-state index in [4.69, 9.17) is 0 Å². The van der Waals surface area contributed by atoms with Crippen LogP contribution in [0.2, 0.25) is 0 Å². The zero-order chi connectivity index (χ0) is 21.1. The van der Waals surface area contributed by atoms with Gasteiger partial charge in [-0.1, -0.05) is 18.2 Å². The maximum absolute atomic E-state index is 12.4. The molecule has 1 aromatic carbocycles. The van der Waals surface area contributed by atoms with Gasteiger partial charge in [-0.15, -0.1) is 0 Å². The Kier molecular flexibility index (Phi) is 5.85. The lowest BCUT2D eigenvalue weighted by molar-refractivity contribution is 0.0944. The molecule has 3 aromatic rings. The van der Waals surface area contributed by atoms with Crippen LogP contribution in [-0.4, -0.2) is 64.7 Å². The molecule has 0 spiro atoms. The molecule has 1 aliphatic heterocycles. The van der Waals surface area contributed by atoms with E-state index in [1.165, 1.54) is 11.3 Å². The fraction of sp³-hybridized carbons (Fsp3) is 0.409. The van der Waals surface area contributed by atoms with Gasteiger partial charge in [0, 0.05) is 50.6 Å². The number of rotatable bonds is 6. The highest BCUT2D eigenvalue weighted by Crippen LogP contribution is 2.23. The van der Waals surface area contributed by atoms with E-state index < -0.39 is 0 Å². The second kappa shape index (κ2) is 8.71. The van der Waals surface area contributed by atoms with E-state index in [0.29, 0.717) is 17.8 Å². The van der Waals surface area contributed by atoms with E-state index in [1.807, 2.05) is 26.1 Å². The van der Waals surface area contributed by atoms with Gasteiger partial charge < -0.3 is 20.4 Å². The van der Waals surface area contributed by atoms with Crippen LogP contribution >= 0.6 is 0 Å². The molecule has 3 heterocycles. The maximum atomic E-state index is 12.4. The van der Waals surface area contributed by atoms with Crippen molar-refractivity contribution in [2.24, 2.45) is 0 Å². The number of hydrogen-bond acceptors (Lipinski definition) is 6. The minimum absolute atomic E-state index is 0.0554. The molecular formula is C22H29N7O. The third-order valence-corrected chi connectivity index (χ3v) is 5.33. The molecule has 8 nitrogen and oxygen atoms in total. The molecule has 0 bridgehead atoms. The van der Waals surface area contributed by atoms with Crippen LogP contribution in [0.4, 0.5) is 11.5 Å². The summed E-state index contributed by atoms with van der Waals surface area (Å²) in [5.41, 5.74) is 3.52. The number of hydrogen-bond donors (Lipinski definition) is 2. The summed E-state index contributed by atoms with van der Waals surface area (Å²) in [6.07, 6.45) is 3.38. The average molecular weight is 408 g/mol. The summed E-state index contributed by atoms with van der Waals surface area (Å²) in [4.78, 5) is 21.9. The highest BCUT2D eigenvalue weighted by molar-refractivity contribution is 5.99.